The van der Waals surface area contributed by atoms with Crippen LogP contribution in [0.5, 0.6) is 0 Å². The summed E-state index contributed by atoms with van der Waals surface area (Å²) in [6, 6.07) is 8.96. The van der Waals surface area contributed by atoms with Crippen LogP contribution >= 0.6 is 39.1 Å². The van der Waals surface area contributed by atoms with Gasteiger partial charge in [-0.15, -0.1) is 0 Å². The molecule has 1 N–H and O–H groups in total. The van der Waals surface area contributed by atoms with Crippen LogP contribution in [0, 0.1) is 0 Å². The van der Waals surface area contributed by atoms with Gasteiger partial charge in [0.15, 0.2) is 0 Å². The van der Waals surface area contributed by atoms with Crippen molar-refractivity contribution >= 4 is 60.7 Å². The minimum atomic E-state index is -3.69. The lowest BCUT2D eigenvalue weighted by atomic mass is 10.2. The van der Waals surface area contributed by atoms with Crippen LogP contribution in [0.3, 0.4) is 0 Å². The molecule has 2 aromatic carbocycles. The Kier molecular flexibility index (Phi) is 5.93. The van der Waals surface area contributed by atoms with Crippen LogP contribution in [0.15, 0.2) is 45.8 Å². The van der Waals surface area contributed by atoms with Crippen molar-refractivity contribution in [1.82, 2.24) is 4.31 Å². The lowest BCUT2D eigenvalue weighted by molar-refractivity contribution is 0.102. The highest BCUT2D eigenvalue weighted by atomic mass is 79.9. The number of nitrogens with one attached hydrogen (secondary N) is 1. The van der Waals surface area contributed by atoms with Gasteiger partial charge in [0.1, 0.15) is 0 Å². The molecule has 0 aliphatic rings. The largest absolute Gasteiger partial charge is 0.322 e. The molecule has 1 amide bonds. The molecule has 0 heterocycles. The zero-order chi connectivity index (χ0) is 18.1. The Morgan fingerprint density at radius 3 is 2.21 bits per heavy atom. The monoisotopic (exact) mass is 450 g/mol. The molecule has 0 radical (unpaired) electrons. The van der Waals surface area contributed by atoms with Gasteiger partial charge < -0.3 is 5.32 Å². The van der Waals surface area contributed by atoms with Crippen molar-refractivity contribution in [3.63, 3.8) is 0 Å². The fraction of sp³-hybridized carbons (Fsp3) is 0.133. The lowest BCUT2D eigenvalue weighted by Crippen LogP contribution is -2.23. The van der Waals surface area contributed by atoms with E-state index in [-0.39, 0.29) is 10.5 Å². The molecule has 0 bridgehead atoms. The second-order valence-electron chi connectivity index (χ2n) is 5.04. The van der Waals surface area contributed by atoms with Crippen LogP contribution in [0.4, 0.5) is 5.69 Å². The Hall–Kier alpha value is -1.12. The summed E-state index contributed by atoms with van der Waals surface area (Å²) in [6.07, 6.45) is 0. The number of anilines is 1. The Labute approximate surface area is 158 Å². The first kappa shape index (κ1) is 19.2. The summed E-state index contributed by atoms with van der Waals surface area (Å²) in [4.78, 5) is 12.4. The molecule has 128 valence electrons. The van der Waals surface area contributed by atoms with Gasteiger partial charge in [-0.3, -0.25) is 4.79 Å². The van der Waals surface area contributed by atoms with E-state index in [9.17, 15) is 13.2 Å². The van der Waals surface area contributed by atoms with Gasteiger partial charge in [0, 0.05) is 39.9 Å². The Morgan fingerprint density at radius 1 is 1.08 bits per heavy atom. The molecule has 0 saturated carbocycles. The van der Waals surface area contributed by atoms with Crippen molar-refractivity contribution in [2.75, 3.05) is 19.4 Å². The predicted molar refractivity (Wildman–Crippen MR) is 99.4 cm³/mol. The van der Waals surface area contributed by atoms with Gasteiger partial charge in [-0.05, 0) is 52.3 Å². The molecule has 24 heavy (non-hydrogen) atoms. The van der Waals surface area contributed by atoms with Crippen LogP contribution in [0.1, 0.15) is 10.4 Å². The predicted octanol–water partition coefficient (Wildman–Crippen LogP) is 4.26. The highest BCUT2D eigenvalue weighted by Crippen LogP contribution is 2.26. The van der Waals surface area contributed by atoms with E-state index in [0.717, 1.165) is 4.31 Å². The molecule has 2 rings (SSSR count). The third-order valence-corrected chi connectivity index (χ3v) is 6.32. The van der Waals surface area contributed by atoms with E-state index in [4.69, 9.17) is 23.2 Å². The Bertz CT molecular complexity index is 881. The zero-order valence-corrected chi connectivity index (χ0v) is 16.6. The van der Waals surface area contributed by atoms with Crippen LogP contribution in [-0.4, -0.2) is 32.7 Å². The molecule has 2 aromatic rings. The van der Waals surface area contributed by atoms with Crippen LogP contribution in [0.25, 0.3) is 0 Å². The third-order valence-electron chi connectivity index (χ3n) is 3.07. The quantitative estimate of drug-likeness (QED) is 0.755. The van der Waals surface area contributed by atoms with Crippen LogP contribution in [0.2, 0.25) is 10.0 Å². The average Bonchev–Trinajstić information content (AvgIpc) is 2.46. The molecular weight excluding hydrogens is 439 g/mol. The van der Waals surface area contributed by atoms with Crippen molar-refractivity contribution in [2.24, 2.45) is 0 Å². The minimum absolute atomic E-state index is 0.00396. The molecule has 0 saturated heterocycles. The second kappa shape index (κ2) is 7.41. The maximum Gasteiger partial charge on any atom is 0.255 e. The fourth-order valence-corrected chi connectivity index (χ4v) is 4.24. The molecule has 0 aliphatic carbocycles. The summed E-state index contributed by atoms with van der Waals surface area (Å²) in [5.41, 5.74) is 0.604. The van der Waals surface area contributed by atoms with Gasteiger partial charge in [-0.25, -0.2) is 12.7 Å². The maximum absolute atomic E-state index is 12.4. The fourth-order valence-electron chi connectivity index (χ4n) is 1.87. The first-order chi connectivity index (χ1) is 11.1. The standard InChI is InChI=1S/C15H13BrCl2N2O3S/c1-20(2)24(22,23)14-5-9(3-4-13(14)16)15(21)19-12-7-10(17)6-11(18)8-12/h3-8H,1-2H3,(H,19,21). The molecule has 0 atom stereocenters. The summed E-state index contributed by atoms with van der Waals surface area (Å²) in [5.74, 6) is -0.476. The SMILES string of the molecule is CN(C)S(=O)(=O)c1cc(C(=O)Nc2cc(Cl)cc(Cl)c2)ccc1Br. The summed E-state index contributed by atoms with van der Waals surface area (Å²) in [6.45, 7) is 0. The van der Waals surface area contributed by atoms with E-state index >= 15 is 0 Å². The van der Waals surface area contributed by atoms with Crippen molar-refractivity contribution < 1.29 is 13.2 Å². The van der Waals surface area contributed by atoms with E-state index in [1.54, 1.807) is 18.2 Å². The summed E-state index contributed by atoms with van der Waals surface area (Å²) >= 11 is 15.0. The summed E-state index contributed by atoms with van der Waals surface area (Å²) < 4.78 is 26.1. The number of amides is 1. The van der Waals surface area contributed by atoms with Crippen molar-refractivity contribution in [3.05, 3.63) is 56.5 Å². The number of hydrogen-bond acceptors (Lipinski definition) is 3. The van der Waals surface area contributed by atoms with E-state index < -0.39 is 15.9 Å². The minimum Gasteiger partial charge on any atom is -0.322 e. The lowest BCUT2D eigenvalue weighted by Gasteiger charge is -2.14. The second-order valence-corrected chi connectivity index (χ2v) is 8.89. The number of hydrogen-bond donors (Lipinski definition) is 1. The number of carbonyl (C=O) groups is 1. The highest BCUT2D eigenvalue weighted by Gasteiger charge is 2.22. The maximum atomic E-state index is 12.4. The third kappa shape index (κ3) is 4.29. The molecule has 0 fully saturated rings. The van der Waals surface area contributed by atoms with Crippen LogP contribution in [-0.2, 0) is 10.0 Å². The van der Waals surface area contributed by atoms with Gasteiger partial charge >= 0.3 is 0 Å². The zero-order valence-electron chi connectivity index (χ0n) is 12.7. The summed E-state index contributed by atoms with van der Waals surface area (Å²) in [7, 11) is -0.847. The first-order valence-electron chi connectivity index (χ1n) is 6.61. The topological polar surface area (TPSA) is 66.5 Å². The van der Waals surface area contributed by atoms with Crippen molar-refractivity contribution in [3.8, 4) is 0 Å². The first-order valence-corrected chi connectivity index (χ1v) is 9.59. The van der Waals surface area contributed by atoms with Gasteiger partial charge in [-0.2, -0.15) is 0 Å². The molecular formula is C15H13BrCl2N2O3S. The molecule has 0 unspecified atom stereocenters. The van der Waals surface area contributed by atoms with Gasteiger partial charge in [0.2, 0.25) is 10.0 Å². The summed E-state index contributed by atoms with van der Waals surface area (Å²) in [5, 5.41) is 3.39. The van der Waals surface area contributed by atoms with Gasteiger partial charge in [-0.1, -0.05) is 23.2 Å². The van der Waals surface area contributed by atoms with Crippen molar-refractivity contribution in [1.29, 1.82) is 0 Å². The number of rotatable bonds is 4. The number of benzene rings is 2. The normalized spacial score (nSPS) is 11.6. The average molecular weight is 452 g/mol. The Balaban J connectivity index is 2.37. The number of sulfonamides is 1. The van der Waals surface area contributed by atoms with Crippen molar-refractivity contribution in [2.45, 2.75) is 4.90 Å². The molecule has 9 heteroatoms. The van der Waals surface area contributed by atoms with E-state index in [1.165, 1.54) is 32.3 Å². The van der Waals surface area contributed by atoms with E-state index in [0.29, 0.717) is 20.2 Å². The molecule has 5 nitrogen and oxygen atoms in total. The smallest absolute Gasteiger partial charge is 0.255 e. The van der Waals surface area contributed by atoms with Gasteiger partial charge in [0.05, 0.1) is 4.90 Å². The van der Waals surface area contributed by atoms with Gasteiger partial charge in [0.25, 0.3) is 5.91 Å². The molecule has 0 spiro atoms. The molecule has 0 aliphatic heterocycles. The van der Waals surface area contributed by atoms with Crippen LogP contribution < -0.4 is 5.32 Å². The Morgan fingerprint density at radius 2 is 1.67 bits per heavy atom. The number of halogens is 3. The molecule has 0 aromatic heterocycles. The number of carbonyl (C=O) groups excluding carboxylic acids is 1. The van der Waals surface area contributed by atoms with E-state index in [1.807, 2.05) is 0 Å². The number of nitrogens with zero attached hydrogens (tertiary/aromatic N) is 1. The highest BCUT2D eigenvalue weighted by molar-refractivity contribution is 9.10. The van der Waals surface area contributed by atoms with E-state index in [2.05, 4.69) is 21.2 Å².